The molecule has 7 rings (SSSR count). The Balaban J connectivity index is 1.40. The fourth-order valence-electron chi connectivity index (χ4n) is 6.67. The smallest absolute Gasteiger partial charge is 0.319 e. The third-order valence-electron chi connectivity index (χ3n) is 8.68. The van der Waals surface area contributed by atoms with Gasteiger partial charge in [-0.25, -0.2) is 13.2 Å². The van der Waals surface area contributed by atoms with Crippen LogP contribution in [0.5, 0.6) is 11.8 Å². The quantitative estimate of drug-likeness (QED) is 0.243. The van der Waals surface area contributed by atoms with Gasteiger partial charge in [0.1, 0.15) is 46.8 Å². The minimum atomic E-state index is -0.961. The van der Waals surface area contributed by atoms with Crippen LogP contribution in [0.15, 0.2) is 12.1 Å². The predicted molar refractivity (Wildman–Crippen MR) is 157 cm³/mol. The molecule has 0 spiro atoms. The van der Waals surface area contributed by atoms with Crippen LogP contribution in [-0.4, -0.2) is 70.6 Å². The number of aromatic hydroxyl groups is 1. The van der Waals surface area contributed by atoms with Crippen molar-refractivity contribution in [1.29, 1.82) is 5.26 Å². The van der Waals surface area contributed by atoms with Crippen molar-refractivity contribution < 1.29 is 27.8 Å². The molecule has 2 aromatic heterocycles. The molecule has 5 heterocycles. The van der Waals surface area contributed by atoms with Gasteiger partial charge >= 0.3 is 6.01 Å². The molecular weight excluding hydrogens is 605 g/mol. The van der Waals surface area contributed by atoms with E-state index in [0.717, 1.165) is 36.8 Å². The molecule has 9 nitrogen and oxygen atoms in total. The van der Waals surface area contributed by atoms with E-state index in [9.17, 15) is 19.1 Å². The van der Waals surface area contributed by atoms with E-state index in [4.69, 9.17) is 26.8 Å². The van der Waals surface area contributed by atoms with Gasteiger partial charge in [0.05, 0.1) is 38.9 Å². The van der Waals surface area contributed by atoms with Gasteiger partial charge in [0.15, 0.2) is 5.82 Å². The molecule has 43 heavy (non-hydrogen) atoms. The Morgan fingerprint density at radius 1 is 1.33 bits per heavy atom. The summed E-state index contributed by atoms with van der Waals surface area (Å²) in [7, 11) is 0. The Kier molecular flexibility index (Phi) is 6.92. The number of alkyl halides is 1. The summed E-state index contributed by atoms with van der Waals surface area (Å²) < 4.78 is 57.4. The topological polar surface area (TPSA) is 130 Å². The van der Waals surface area contributed by atoms with Crippen molar-refractivity contribution in [3.8, 4) is 29.0 Å². The fraction of sp³-hybridized carbons (Fsp3) is 0.414. The normalized spacial score (nSPS) is 23.7. The number of nitriles is 1. The SMILES string of the molecule is N#Cc1c(N)sc2c(F)ccc(-c3c(Cl)c(O)c4c(N[C@@H]5CCOC5)nc(OC[C@@]56CCCN5C[C@H](F)C6)nc4c3F)c12. The summed E-state index contributed by atoms with van der Waals surface area (Å²) >= 11 is 7.49. The number of phenols is 1. The van der Waals surface area contributed by atoms with E-state index in [1.165, 1.54) is 6.07 Å². The van der Waals surface area contributed by atoms with Crippen LogP contribution in [0.2, 0.25) is 5.02 Å². The van der Waals surface area contributed by atoms with Crippen LogP contribution in [0.1, 0.15) is 31.2 Å². The highest BCUT2D eigenvalue weighted by Crippen LogP contribution is 2.49. The van der Waals surface area contributed by atoms with Crippen molar-refractivity contribution >= 4 is 54.7 Å². The highest BCUT2D eigenvalue weighted by molar-refractivity contribution is 7.23. The zero-order valence-electron chi connectivity index (χ0n) is 22.7. The number of benzene rings is 2. The van der Waals surface area contributed by atoms with Crippen molar-refractivity contribution in [3.05, 3.63) is 34.4 Å². The van der Waals surface area contributed by atoms with Crippen LogP contribution in [0, 0.1) is 23.0 Å². The van der Waals surface area contributed by atoms with Gasteiger partial charge in [-0.1, -0.05) is 17.7 Å². The molecule has 4 aromatic rings. The second kappa shape index (κ2) is 10.6. The lowest BCUT2D eigenvalue weighted by Gasteiger charge is -2.30. The van der Waals surface area contributed by atoms with Crippen LogP contribution in [-0.2, 0) is 4.74 Å². The Hall–Kier alpha value is -3.57. The standard InChI is InChI=1S/C29H26ClF3N6O3S/c30-21-19(15-2-3-17(32)25-18(15)16(9-34)26(35)43-25)22(33)23-20(24(21)40)27(36-14-4-7-41-11-14)38-28(37-23)42-12-29-5-1-6-39(29)10-13(31)8-29/h2-3,13-14,40H,1,4-8,10-12,35H2,(H,36,37,38)/t13-,14-,29+/m1/s1. The Morgan fingerprint density at radius 3 is 2.93 bits per heavy atom. The van der Waals surface area contributed by atoms with Gasteiger partial charge in [0.25, 0.3) is 0 Å². The summed E-state index contributed by atoms with van der Waals surface area (Å²) in [5.41, 5.74) is 4.97. The number of rotatable bonds is 6. The van der Waals surface area contributed by atoms with Gasteiger partial charge in [0, 0.05) is 30.5 Å². The van der Waals surface area contributed by atoms with Crippen molar-refractivity contribution in [3.63, 3.8) is 0 Å². The Bertz CT molecular complexity index is 1830. The molecule has 0 radical (unpaired) electrons. The van der Waals surface area contributed by atoms with Crippen molar-refractivity contribution in [2.75, 3.05) is 44.0 Å². The molecule has 3 fully saturated rings. The molecule has 4 N–H and O–H groups in total. The van der Waals surface area contributed by atoms with Gasteiger partial charge < -0.3 is 25.6 Å². The molecule has 3 atom stereocenters. The van der Waals surface area contributed by atoms with E-state index < -0.39 is 29.1 Å². The van der Waals surface area contributed by atoms with E-state index in [0.29, 0.717) is 32.6 Å². The zero-order chi connectivity index (χ0) is 30.0. The maximum atomic E-state index is 16.7. The first-order valence-corrected chi connectivity index (χ1v) is 15.1. The first-order valence-electron chi connectivity index (χ1n) is 13.9. The van der Waals surface area contributed by atoms with Crippen LogP contribution in [0.4, 0.5) is 24.0 Å². The first-order chi connectivity index (χ1) is 20.7. The number of nitrogens with one attached hydrogen (secondary N) is 1. The number of hydrogen-bond donors (Lipinski definition) is 3. The lowest BCUT2D eigenvalue weighted by Crippen LogP contribution is -2.43. The van der Waals surface area contributed by atoms with Crippen molar-refractivity contribution in [1.82, 2.24) is 14.9 Å². The highest BCUT2D eigenvalue weighted by Gasteiger charge is 2.49. The minimum Gasteiger partial charge on any atom is -0.506 e. The molecule has 0 bridgehead atoms. The lowest BCUT2D eigenvalue weighted by molar-refractivity contribution is 0.107. The molecule has 0 saturated carbocycles. The third kappa shape index (κ3) is 4.50. The second-order valence-corrected chi connectivity index (χ2v) is 12.7. The number of ether oxygens (including phenoxy) is 2. The number of hydrogen-bond acceptors (Lipinski definition) is 10. The summed E-state index contributed by atoms with van der Waals surface area (Å²) in [6.07, 6.45) is 1.68. The van der Waals surface area contributed by atoms with E-state index in [1.807, 2.05) is 6.07 Å². The molecule has 14 heteroatoms. The van der Waals surface area contributed by atoms with Crippen molar-refractivity contribution in [2.45, 2.75) is 43.4 Å². The first kappa shape index (κ1) is 28.2. The van der Waals surface area contributed by atoms with E-state index in [-0.39, 0.29) is 72.2 Å². The second-order valence-electron chi connectivity index (χ2n) is 11.3. The molecule has 224 valence electrons. The molecule has 2 aromatic carbocycles. The number of nitrogens with two attached hydrogens (primary N) is 1. The molecule has 3 aliphatic heterocycles. The van der Waals surface area contributed by atoms with Gasteiger partial charge in [0.2, 0.25) is 0 Å². The molecule has 0 unspecified atom stereocenters. The van der Waals surface area contributed by atoms with Crippen LogP contribution in [0.25, 0.3) is 32.1 Å². The van der Waals surface area contributed by atoms with E-state index in [2.05, 4.69) is 20.2 Å². The number of aromatic nitrogens is 2. The largest absolute Gasteiger partial charge is 0.506 e. The van der Waals surface area contributed by atoms with Crippen LogP contribution in [0.3, 0.4) is 0 Å². The number of nitrogen functional groups attached to an aromatic ring is 1. The van der Waals surface area contributed by atoms with Crippen LogP contribution >= 0.6 is 22.9 Å². The van der Waals surface area contributed by atoms with E-state index in [1.54, 1.807) is 0 Å². The summed E-state index contributed by atoms with van der Waals surface area (Å²) in [6.45, 7) is 2.10. The molecule has 0 aliphatic carbocycles. The Morgan fingerprint density at radius 2 is 2.16 bits per heavy atom. The van der Waals surface area contributed by atoms with Crippen LogP contribution < -0.4 is 15.8 Å². The summed E-state index contributed by atoms with van der Waals surface area (Å²) in [5, 5.41) is 24.1. The van der Waals surface area contributed by atoms with Gasteiger partial charge in [-0.05, 0) is 37.4 Å². The highest BCUT2D eigenvalue weighted by atomic mass is 35.5. The average Bonchev–Trinajstić information content (AvgIpc) is 3.75. The number of phenolic OH excluding ortho intramolecular Hbond substituents is 1. The number of nitrogens with zero attached hydrogens (tertiary/aromatic N) is 4. The summed E-state index contributed by atoms with van der Waals surface area (Å²) in [6, 6.07) is 4.03. The molecule has 0 amide bonds. The summed E-state index contributed by atoms with van der Waals surface area (Å²) in [5.74, 6) is -1.97. The fourth-order valence-corrected chi connectivity index (χ4v) is 7.90. The maximum Gasteiger partial charge on any atom is 0.319 e. The maximum absolute atomic E-state index is 16.7. The number of anilines is 2. The number of thiophene rings is 1. The molecule has 3 saturated heterocycles. The average molecular weight is 631 g/mol. The third-order valence-corrected chi connectivity index (χ3v) is 10.1. The van der Waals surface area contributed by atoms with Gasteiger partial charge in [-0.2, -0.15) is 15.2 Å². The monoisotopic (exact) mass is 630 g/mol. The summed E-state index contributed by atoms with van der Waals surface area (Å²) in [4.78, 5) is 10.9. The molecular formula is C29H26ClF3N6O3S. The van der Waals surface area contributed by atoms with Crippen molar-refractivity contribution in [2.24, 2.45) is 0 Å². The predicted octanol–water partition coefficient (Wildman–Crippen LogP) is 5.76. The minimum absolute atomic E-state index is 0.0250. The number of fused-ring (bicyclic) bond motifs is 3. The number of halogens is 4. The lowest BCUT2D eigenvalue weighted by atomic mass is 9.95. The Labute approximate surface area is 253 Å². The van der Waals surface area contributed by atoms with Gasteiger partial charge in [-0.15, -0.1) is 11.3 Å². The zero-order valence-corrected chi connectivity index (χ0v) is 24.3. The van der Waals surface area contributed by atoms with E-state index >= 15 is 4.39 Å². The molecule has 3 aliphatic rings. The van der Waals surface area contributed by atoms with Gasteiger partial charge in [-0.3, -0.25) is 4.90 Å².